The van der Waals surface area contributed by atoms with Gasteiger partial charge in [-0.05, 0) is 23.6 Å². The van der Waals surface area contributed by atoms with Crippen LogP contribution in [0.4, 0.5) is 0 Å². The molecule has 0 aromatic heterocycles. The molecular weight excluding hydrogens is 282 g/mol. The minimum atomic E-state index is -0.160. The minimum absolute atomic E-state index is 0.160. The van der Waals surface area contributed by atoms with E-state index in [1.165, 1.54) is 11.1 Å². The van der Waals surface area contributed by atoms with Crippen LogP contribution in [0.3, 0.4) is 0 Å². The molecule has 2 atom stereocenters. The number of rotatable bonds is 2. The summed E-state index contributed by atoms with van der Waals surface area (Å²) >= 11 is 0. The summed E-state index contributed by atoms with van der Waals surface area (Å²) in [6, 6.07) is 6.33. The van der Waals surface area contributed by atoms with Crippen molar-refractivity contribution < 1.29 is 14.3 Å². The lowest BCUT2D eigenvalue weighted by atomic mass is 9.98. The first-order valence-corrected chi connectivity index (χ1v) is 7.94. The molecular formula is C16H21N3O3. The number of morpholine rings is 1. The van der Waals surface area contributed by atoms with E-state index < -0.39 is 0 Å². The van der Waals surface area contributed by atoms with Crippen molar-refractivity contribution in [2.75, 3.05) is 32.9 Å². The lowest BCUT2D eigenvalue weighted by Crippen LogP contribution is -2.49. The van der Waals surface area contributed by atoms with E-state index in [1.807, 2.05) is 11.0 Å². The normalized spacial score (nSPS) is 27.5. The van der Waals surface area contributed by atoms with Gasteiger partial charge in [-0.15, -0.1) is 0 Å². The Morgan fingerprint density at radius 2 is 2.05 bits per heavy atom. The van der Waals surface area contributed by atoms with Crippen LogP contribution in [0.2, 0.25) is 0 Å². The molecule has 4 rings (SSSR count). The minimum Gasteiger partial charge on any atom is -0.493 e. The molecule has 0 saturated carbocycles. The maximum atomic E-state index is 12.5. The molecule has 6 heteroatoms. The Kier molecular flexibility index (Phi) is 3.73. The van der Waals surface area contributed by atoms with Gasteiger partial charge in [0.2, 0.25) is 5.91 Å². The number of fused-ring (bicyclic) bond motifs is 1. The Balaban J connectivity index is 1.42. The summed E-state index contributed by atoms with van der Waals surface area (Å²) in [7, 11) is 0. The second-order valence-corrected chi connectivity index (χ2v) is 6.03. The van der Waals surface area contributed by atoms with Crippen molar-refractivity contribution in [3.63, 3.8) is 0 Å². The number of hydrazine groups is 1. The number of nitrogens with zero attached hydrogens (tertiary/aromatic N) is 1. The number of nitrogens with one attached hydrogen (secondary N) is 2. The van der Waals surface area contributed by atoms with E-state index in [-0.39, 0.29) is 18.0 Å². The fourth-order valence-electron chi connectivity index (χ4n) is 3.36. The SMILES string of the molecule is O=C(C1CC(c2ccc3c(c2)CCO3)NN1)N1CCOCC1. The van der Waals surface area contributed by atoms with Gasteiger partial charge in [0.1, 0.15) is 11.8 Å². The van der Waals surface area contributed by atoms with Gasteiger partial charge in [-0.25, -0.2) is 10.9 Å². The molecule has 1 aromatic rings. The molecule has 2 unspecified atom stereocenters. The monoisotopic (exact) mass is 303 g/mol. The Morgan fingerprint density at radius 3 is 2.91 bits per heavy atom. The predicted octanol–water partition coefficient (Wildman–Crippen LogP) is 0.388. The molecule has 0 radical (unpaired) electrons. The third-order valence-corrected chi connectivity index (χ3v) is 4.64. The number of hydrogen-bond acceptors (Lipinski definition) is 5. The zero-order chi connectivity index (χ0) is 14.9. The highest BCUT2D eigenvalue weighted by Crippen LogP contribution is 2.30. The third kappa shape index (κ3) is 2.58. The maximum absolute atomic E-state index is 12.5. The van der Waals surface area contributed by atoms with E-state index in [9.17, 15) is 4.79 Å². The van der Waals surface area contributed by atoms with Gasteiger partial charge in [-0.3, -0.25) is 4.79 Å². The second-order valence-electron chi connectivity index (χ2n) is 6.03. The van der Waals surface area contributed by atoms with E-state index in [4.69, 9.17) is 9.47 Å². The molecule has 2 N–H and O–H groups in total. The number of ether oxygens (including phenoxy) is 2. The predicted molar refractivity (Wildman–Crippen MR) is 80.5 cm³/mol. The highest BCUT2D eigenvalue weighted by molar-refractivity contribution is 5.82. The average molecular weight is 303 g/mol. The van der Waals surface area contributed by atoms with E-state index in [1.54, 1.807) is 0 Å². The Morgan fingerprint density at radius 1 is 1.18 bits per heavy atom. The van der Waals surface area contributed by atoms with E-state index in [0.29, 0.717) is 26.3 Å². The van der Waals surface area contributed by atoms with Crippen LogP contribution < -0.4 is 15.6 Å². The Bertz CT molecular complexity index is 572. The van der Waals surface area contributed by atoms with Crippen LogP contribution in [0, 0.1) is 0 Å². The molecule has 6 nitrogen and oxygen atoms in total. The highest BCUT2D eigenvalue weighted by Gasteiger charge is 2.33. The van der Waals surface area contributed by atoms with Crippen LogP contribution in [0.5, 0.6) is 5.75 Å². The number of benzene rings is 1. The fraction of sp³-hybridized carbons (Fsp3) is 0.562. The summed E-state index contributed by atoms with van der Waals surface area (Å²) in [5, 5.41) is 0. The summed E-state index contributed by atoms with van der Waals surface area (Å²) in [4.78, 5) is 14.4. The quantitative estimate of drug-likeness (QED) is 0.827. The first kappa shape index (κ1) is 14.0. The maximum Gasteiger partial charge on any atom is 0.241 e. The molecule has 22 heavy (non-hydrogen) atoms. The molecule has 1 aromatic carbocycles. The summed E-state index contributed by atoms with van der Waals surface area (Å²) in [6.07, 6.45) is 1.75. The summed E-state index contributed by atoms with van der Waals surface area (Å²) in [6.45, 7) is 3.43. The average Bonchev–Trinajstić information content (AvgIpc) is 3.23. The number of carbonyl (C=O) groups excluding carboxylic acids is 1. The van der Waals surface area contributed by atoms with Crippen molar-refractivity contribution in [1.29, 1.82) is 0 Å². The van der Waals surface area contributed by atoms with Crippen LogP contribution in [0.25, 0.3) is 0 Å². The second kappa shape index (κ2) is 5.87. The fourth-order valence-corrected chi connectivity index (χ4v) is 3.36. The van der Waals surface area contributed by atoms with Crippen LogP contribution in [0.1, 0.15) is 23.6 Å². The molecule has 1 amide bonds. The van der Waals surface area contributed by atoms with E-state index >= 15 is 0 Å². The van der Waals surface area contributed by atoms with Crippen molar-refractivity contribution in [3.8, 4) is 5.75 Å². The third-order valence-electron chi connectivity index (χ3n) is 4.64. The molecule has 0 aliphatic carbocycles. The first-order chi connectivity index (χ1) is 10.8. The van der Waals surface area contributed by atoms with Gasteiger partial charge in [0.05, 0.1) is 19.8 Å². The van der Waals surface area contributed by atoms with Gasteiger partial charge < -0.3 is 14.4 Å². The number of hydrogen-bond donors (Lipinski definition) is 2. The van der Waals surface area contributed by atoms with E-state index in [2.05, 4.69) is 23.0 Å². The highest BCUT2D eigenvalue weighted by atomic mass is 16.5. The lowest BCUT2D eigenvalue weighted by molar-refractivity contribution is -0.137. The molecule has 3 aliphatic rings. The standard InChI is InChI=1S/C16H21N3O3/c20-16(19-4-7-21-8-5-19)14-10-13(17-18-14)11-1-2-15-12(9-11)3-6-22-15/h1-2,9,13-14,17-18H,3-8,10H2. The zero-order valence-corrected chi connectivity index (χ0v) is 12.5. The summed E-state index contributed by atoms with van der Waals surface area (Å²) < 4.78 is 10.8. The van der Waals surface area contributed by atoms with Gasteiger partial charge in [0.15, 0.2) is 0 Å². The van der Waals surface area contributed by atoms with Gasteiger partial charge in [-0.1, -0.05) is 12.1 Å². The number of carbonyl (C=O) groups is 1. The van der Waals surface area contributed by atoms with Crippen molar-refractivity contribution in [2.45, 2.75) is 24.9 Å². The lowest BCUT2D eigenvalue weighted by Gasteiger charge is -2.28. The molecule has 0 spiro atoms. The molecule has 3 heterocycles. The molecule has 118 valence electrons. The van der Waals surface area contributed by atoms with Gasteiger partial charge in [-0.2, -0.15) is 0 Å². The largest absolute Gasteiger partial charge is 0.493 e. The van der Waals surface area contributed by atoms with E-state index in [0.717, 1.165) is 25.2 Å². The van der Waals surface area contributed by atoms with Crippen molar-refractivity contribution in [2.24, 2.45) is 0 Å². The first-order valence-electron chi connectivity index (χ1n) is 7.94. The van der Waals surface area contributed by atoms with Crippen molar-refractivity contribution in [1.82, 2.24) is 15.8 Å². The molecule has 2 fully saturated rings. The molecule has 2 saturated heterocycles. The van der Waals surface area contributed by atoms with Crippen LogP contribution in [-0.2, 0) is 16.0 Å². The topological polar surface area (TPSA) is 62.8 Å². The molecule has 3 aliphatic heterocycles. The van der Waals surface area contributed by atoms with Gasteiger partial charge in [0.25, 0.3) is 0 Å². The van der Waals surface area contributed by atoms with Crippen LogP contribution in [-0.4, -0.2) is 49.8 Å². The van der Waals surface area contributed by atoms with Crippen molar-refractivity contribution in [3.05, 3.63) is 29.3 Å². The van der Waals surface area contributed by atoms with Crippen LogP contribution in [0.15, 0.2) is 18.2 Å². The van der Waals surface area contributed by atoms with Gasteiger partial charge in [0, 0.05) is 25.6 Å². The molecule has 0 bridgehead atoms. The Hall–Kier alpha value is -1.63. The Labute approximate surface area is 129 Å². The van der Waals surface area contributed by atoms with Gasteiger partial charge >= 0.3 is 0 Å². The summed E-state index contributed by atoms with van der Waals surface area (Å²) in [5.41, 5.74) is 8.90. The van der Waals surface area contributed by atoms with Crippen LogP contribution >= 0.6 is 0 Å². The van der Waals surface area contributed by atoms with Crippen molar-refractivity contribution >= 4 is 5.91 Å². The number of amides is 1. The summed E-state index contributed by atoms with van der Waals surface area (Å²) in [5.74, 6) is 1.17. The zero-order valence-electron chi connectivity index (χ0n) is 12.5. The smallest absolute Gasteiger partial charge is 0.241 e.